The van der Waals surface area contributed by atoms with Crippen molar-refractivity contribution < 1.29 is 18.7 Å². The molecule has 6 heteroatoms. The van der Waals surface area contributed by atoms with Gasteiger partial charge in [0.1, 0.15) is 5.69 Å². The Hall–Kier alpha value is -3.02. The molecule has 0 aliphatic carbocycles. The molecule has 2 N–H and O–H groups in total. The van der Waals surface area contributed by atoms with Crippen LogP contribution in [0.1, 0.15) is 27.8 Å². The smallest absolute Gasteiger partial charge is 0.338 e. The second-order valence-electron chi connectivity index (χ2n) is 4.63. The number of H-pyrrole nitrogens is 1. The Labute approximate surface area is 126 Å². The third-order valence-electron chi connectivity index (χ3n) is 3.14. The van der Waals surface area contributed by atoms with Crippen LogP contribution in [0.4, 0.5) is 5.69 Å². The maximum absolute atomic E-state index is 12.1. The van der Waals surface area contributed by atoms with Crippen molar-refractivity contribution in [3.63, 3.8) is 0 Å². The Kier molecular flexibility index (Phi) is 3.65. The van der Waals surface area contributed by atoms with Crippen molar-refractivity contribution >= 4 is 28.7 Å². The largest absolute Gasteiger partial charge is 0.463 e. The van der Waals surface area contributed by atoms with Gasteiger partial charge in [0.25, 0.3) is 5.91 Å². The summed E-state index contributed by atoms with van der Waals surface area (Å²) < 4.78 is 10.1. The van der Waals surface area contributed by atoms with Gasteiger partial charge in [-0.2, -0.15) is 0 Å². The number of rotatable bonds is 4. The van der Waals surface area contributed by atoms with E-state index in [-0.39, 0.29) is 11.9 Å². The monoisotopic (exact) mass is 298 g/mol. The Balaban J connectivity index is 1.71. The molecule has 0 saturated carbocycles. The maximum Gasteiger partial charge on any atom is 0.338 e. The van der Waals surface area contributed by atoms with Crippen LogP contribution in [-0.2, 0) is 4.74 Å². The van der Waals surface area contributed by atoms with E-state index in [1.165, 1.54) is 0 Å². The molecule has 1 amide bonds. The van der Waals surface area contributed by atoms with Crippen molar-refractivity contribution in [2.75, 3.05) is 11.9 Å². The van der Waals surface area contributed by atoms with Crippen molar-refractivity contribution in [3.8, 4) is 0 Å². The van der Waals surface area contributed by atoms with Gasteiger partial charge in [-0.05, 0) is 31.2 Å². The van der Waals surface area contributed by atoms with Crippen molar-refractivity contribution in [1.82, 2.24) is 4.98 Å². The molecular weight excluding hydrogens is 284 g/mol. The number of furan rings is 1. The van der Waals surface area contributed by atoms with Gasteiger partial charge in [-0.3, -0.25) is 4.79 Å². The Morgan fingerprint density at radius 3 is 2.68 bits per heavy atom. The predicted molar refractivity (Wildman–Crippen MR) is 80.9 cm³/mol. The van der Waals surface area contributed by atoms with Gasteiger partial charge in [-0.25, -0.2) is 4.79 Å². The van der Waals surface area contributed by atoms with Gasteiger partial charge < -0.3 is 19.5 Å². The summed E-state index contributed by atoms with van der Waals surface area (Å²) in [4.78, 5) is 26.6. The molecule has 2 aromatic heterocycles. The summed E-state index contributed by atoms with van der Waals surface area (Å²) in [5.74, 6) is -0.666. The van der Waals surface area contributed by atoms with Gasteiger partial charge in [0.2, 0.25) is 0 Å². The number of carbonyl (C=O) groups is 2. The van der Waals surface area contributed by atoms with Crippen LogP contribution in [0, 0.1) is 0 Å². The quantitative estimate of drug-likeness (QED) is 0.724. The second-order valence-corrected chi connectivity index (χ2v) is 4.63. The van der Waals surface area contributed by atoms with E-state index in [1.807, 2.05) is 0 Å². The fourth-order valence-electron chi connectivity index (χ4n) is 2.07. The van der Waals surface area contributed by atoms with Gasteiger partial charge in [-0.1, -0.05) is 0 Å². The topological polar surface area (TPSA) is 84.3 Å². The number of esters is 1. The molecule has 0 bridgehead atoms. The zero-order valence-corrected chi connectivity index (χ0v) is 11.9. The summed E-state index contributed by atoms with van der Waals surface area (Å²) in [5, 5.41) is 2.74. The zero-order chi connectivity index (χ0) is 15.5. The molecule has 0 unspecified atom stereocenters. The minimum Gasteiger partial charge on any atom is -0.463 e. The van der Waals surface area contributed by atoms with Gasteiger partial charge in [0, 0.05) is 17.8 Å². The standard InChI is InChI=1S/C16H14N2O4/c1-2-21-16(20)10-3-5-11(6-4-10)17-15(19)13-9-14-12(18-13)7-8-22-14/h3-9,18H,2H2,1H3,(H,17,19). The van der Waals surface area contributed by atoms with Crippen molar-refractivity contribution in [3.05, 3.63) is 53.9 Å². The van der Waals surface area contributed by atoms with E-state index in [4.69, 9.17) is 9.15 Å². The van der Waals surface area contributed by atoms with Crippen molar-refractivity contribution in [2.24, 2.45) is 0 Å². The van der Waals surface area contributed by atoms with Gasteiger partial charge in [0.15, 0.2) is 5.58 Å². The summed E-state index contributed by atoms with van der Waals surface area (Å²) >= 11 is 0. The number of fused-ring (bicyclic) bond motifs is 1. The lowest BCUT2D eigenvalue weighted by Gasteiger charge is -2.05. The molecule has 0 aliphatic heterocycles. The molecule has 0 spiro atoms. The van der Waals surface area contributed by atoms with Crippen LogP contribution < -0.4 is 5.32 Å². The van der Waals surface area contributed by atoms with E-state index in [1.54, 1.807) is 49.6 Å². The number of nitrogens with one attached hydrogen (secondary N) is 2. The number of benzene rings is 1. The molecule has 0 radical (unpaired) electrons. The lowest BCUT2D eigenvalue weighted by atomic mass is 10.2. The van der Waals surface area contributed by atoms with Gasteiger partial charge in [0.05, 0.1) is 24.0 Å². The first-order chi connectivity index (χ1) is 10.7. The van der Waals surface area contributed by atoms with E-state index in [2.05, 4.69) is 10.3 Å². The normalized spacial score (nSPS) is 10.6. The highest BCUT2D eigenvalue weighted by Crippen LogP contribution is 2.17. The van der Waals surface area contributed by atoms with E-state index in [0.29, 0.717) is 29.1 Å². The van der Waals surface area contributed by atoms with E-state index >= 15 is 0 Å². The molecule has 0 saturated heterocycles. The molecule has 6 nitrogen and oxygen atoms in total. The van der Waals surface area contributed by atoms with Crippen molar-refractivity contribution in [1.29, 1.82) is 0 Å². The van der Waals surface area contributed by atoms with Crippen LogP contribution in [0.25, 0.3) is 11.1 Å². The Bertz CT molecular complexity index is 786. The summed E-state index contributed by atoms with van der Waals surface area (Å²) in [6.45, 7) is 2.07. The number of carbonyl (C=O) groups excluding carboxylic acids is 2. The average Bonchev–Trinajstić information content (AvgIpc) is 3.09. The highest BCUT2D eigenvalue weighted by Gasteiger charge is 2.12. The highest BCUT2D eigenvalue weighted by molar-refractivity contribution is 6.05. The molecule has 0 aliphatic rings. The number of ether oxygens (including phenoxy) is 1. The zero-order valence-electron chi connectivity index (χ0n) is 11.9. The van der Waals surface area contributed by atoms with Crippen LogP contribution in [0.2, 0.25) is 0 Å². The Morgan fingerprint density at radius 1 is 1.23 bits per heavy atom. The van der Waals surface area contributed by atoms with Crippen molar-refractivity contribution in [2.45, 2.75) is 6.92 Å². The number of aromatic nitrogens is 1. The first-order valence-electron chi connectivity index (χ1n) is 6.82. The average molecular weight is 298 g/mol. The molecule has 2 heterocycles. The van der Waals surface area contributed by atoms with Crippen LogP contribution in [0.15, 0.2) is 47.1 Å². The number of amides is 1. The van der Waals surface area contributed by atoms with E-state index in [9.17, 15) is 9.59 Å². The number of aromatic amines is 1. The Morgan fingerprint density at radius 2 is 2.00 bits per heavy atom. The van der Waals surface area contributed by atoms with Crippen LogP contribution in [-0.4, -0.2) is 23.5 Å². The molecule has 0 fully saturated rings. The van der Waals surface area contributed by atoms with Gasteiger partial charge in [-0.15, -0.1) is 0 Å². The summed E-state index contributed by atoms with van der Waals surface area (Å²) in [6.07, 6.45) is 1.55. The SMILES string of the molecule is CCOC(=O)c1ccc(NC(=O)c2cc3occc3[nH]2)cc1. The summed E-state index contributed by atoms with van der Waals surface area (Å²) in [7, 11) is 0. The van der Waals surface area contributed by atoms with E-state index < -0.39 is 0 Å². The minimum absolute atomic E-state index is 0.282. The number of hydrogen-bond donors (Lipinski definition) is 2. The summed E-state index contributed by atoms with van der Waals surface area (Å²) in [5.41, 5.74) is 2.83. The molecular formula is C16H14N2O4. The van der Waals surface area contributed by atoms with Crippen LogP contribution in [0.5, 0.6) is 0 Å². The number of anilines is 1. The minimum atomic E-state index is -0.384. The van der Waals surface area contributed by atoms with Gasteiger partial charge >= 0.3 is 5.97 Å². The molecule has 3 aromatic rings. The maximum atomic E-state index is 12.1. The lowest BCUT2D eigenvalue weighted by Crippen LogP contribution is -2.12. The molecule has 1 aromatic carbocycles. The first kappa shape index (κ1) is 13.9. The number of hydrogen-bond acceptors (Lipinski definition) is 4. The predicted octanol–water partition coefficient (Wildman–Crippen LogP) is 3.19. The highest BCUT2D eigenvalue weighted by atomic mass is 16.5. The fraction of sp³-hybridized carbons (Fsp3) is 0.125. The van der Waals surface area contributed by atoms with E-state index in [0.717, 1.165) is 5.52 Å². The first-order valence-corrected chi connectivity index (χ1v) is 6.82. The lowest BCUT2D eigenvalue weighted by molar-refractivity contribution is 0.0526. The molecule has 22 heavy (non-hydrogen) atoms. The van der Waals surface area contributed by atoms with Crippen LogP contribution in [0.3, 0.4) is 0 Å². The molecule has 3 rings (SSSR count). The third kappa shape index (κ3) is 2.71. The molecule has 0 atom stereocenters. The molecule has 112 valence electrons. The third-order valence-corrected chi connectivity index (χ3v) is 3.14. The second kappa shape index (κ2) is 5.77. The fourth-order valence-corrected chi connectivity index (χ4v) is 2.07. The van der Waals surface area contributed by atoms with Crippen LogP contribution >= 0.6 is 0 Å². The summed E-state index contributed by atoms with van der Waals surface area (Å²) in [6, 6.07) is 9.90.